The van der Waals surface area contributed by atoms with E-state index in [1.54, 1.807) is 0 Å². The third kappa shape index (κ3) is 3.07. The number of benzene rings is 1. The number of carbonyl (C=O) groups excluding carboxylic acids is 1. The number of rotatable bonds is 1. The lowest BCUT2D eigenvalue weighted by molar-refractivity contribution is 0.0628. The van der Waals surface area contributed by atoms with Gasteiger partial charge in [-0.2, -0.15) is 0 Å². The molecule has 1 amide bonds. The third-order valence-electron chi connectivity index (χ3n) is 3.58. The van der Waals surface area contributed by atoms with Gasteiger partial charge in [-0.3, -0.25) is 4.79 Å². The van der Waals surface area contributed by atoms with Crippen LogP contribution in [0, 0.1) is 8.99 Å². The van der Waals surface area contributed by atoms with Crippen LogP contribution >= 0.6 is 38.5 Å². The van der Waals surface area contributed by atoms with Crippen molar-refractivity contribution in [2.75, 3.05) is 13.1 Å². The quantitative estimate of drug-likeness (QED) is 0.618. The summed E-state index contributed by atoms with van der Waals surface area (Å²) in [5, 5.41) is 0. The van der Waals surface area contributed by atoms with E-state index < -0.39 is 0 Å². The summed E-state index contributed by atoms with van der Waals surface area (Å²) >= 11 is 5.71. The smallest absolute Gasteiger partial charge is 0.256 e. The summed E-state index contributed by atoms with van der Waals surface area (Å²) in [4.78, 5) is 14.5. The van der Waals surface area contributed by atoms with Gasteiger partial charge >= 0.3 is 0 Å². The minimum Gasteiger partial charge on any atom is -0.339 e. The predicted molar refractivity (Wildman–Crippen MR) is 85.8 cm³/mol. The van der Waals surface area contributed by atoms with Crippen LogP contribution in [-0.4, -0.2) is 23.9 Å². The van der Waals surface area contributed by atoms with Crippen LogP contribution in [0.25, 0.3) is 0 Å². The van der Waals surface area contributed by atoms with Gasteiger partial charge in [-0.05, 0) is 68.9 Å². The topological polar surface area (TPSA) is 20.3 Å². The van der Waals surface area contributed by atoms with Crippen LogP contribution < -0.4 is 0 Å². The molecule has 2 nitrogen and oxygen atoms in total. The standard InChI is InChI=1S/C14H17BrINO/c1-14(2)6-8-17(9-7-14)13(18)12-10(15)4-3-5-11(12)16/h3-5H,6-9H2,1-2H3. The zero-order chi connectivity index (χ0) is 13.3. The molecule has 0 spiro atoms. The van der Waals surface area contributed by atoms with E-state index in [9.17, 15) is 4.79 Å². The molecule has 0 N–H and O–H groups in total. The maximum atomic E-state index is 12.5. The highest BCUT2D eigenvalue weighted by Crippen LogP contribution is 2.31. The molecule has 2 rings (SSSR count). The molecule has 1 saturated heterocycles. The fourth-order valence-corrected chi connectivity index (χ4v) is 3.81. The second-order valence-electron chi connectivity index (χ2n) is 5.55. The van der Waals surface area contributed by atoms with Crippen molar-refractivity contribution in [1.82, 2.24) is 4.90 Å². The number of nitrogens with zero attached hydrogens (tertiary/aromatic N) is 1. The molecule has 0 saturated carbocycles. The Morgan fingerprint density at radius 1 is 1.33 bits per heavy atom. The minimum absolute atomic E-state index is 0.155. The molecule has 1 aliphatic rings. The lowest BCUT2D eigenvalue weighted by atomic mass is 9.82. The van der Waals surface area contributed by atoms with Crippen LogP contribution in [0.4, 0.5) is 0 Å². The van der Waals surface area contributed by atoms with E-state index >= 15 is 0 Å². The lowest BCUT2D eigenvalue weighted by Gasteiger charge is -2.37. The van der Waals surface area contributed by atoms with Gasteiger partial charge in [0.2, 0.25) is 0 Å². The van der Waals surface area contributed by atoms with Gasteiger partial charge in [0.05, 0.1) is 5.56 Å². The molecule has 0 bridgehead atoms. The van der Waals surface area contributed by atoms with Crippen LogP contribution in [0.1, 0.15) is 37.0 Å². The minimum atomic E-state index is 0.155. The van der Waals surface area contributed by atoms with E-state index in [-0.39, 0.29) is 5.91 Å². The molecular weight excluding hydrogens is 405 g/mol. The van der Waals surface area contributed by atoms with Crippen molar-refractivity contribution >= 4 is 44.4 Å². The number of halogens is 2. The summed E-state index contributed by atoms with van der Waals surface area (Å²) < 4.78 is 1.90. The van der Waals surface area contributed by atoms with E-state index in [1.165, 1.54) is 0 Å². The van der Waals surface area contributed by atoms with E-state index in [0.29, 0.717) is 5.41 Å². The van der Waals surface area contributed by atoms with E-state index in [0.717, 1.165) is 39.5 Å². The maximum Gasteiger partial charge on any atom is 0.256 e. The SMILES string of the molecule is CC1(C)CCN(C(=O)c2c(Br)cccc2I)CC1. The van der Waals surface area contributed by atoms with E-state index in [2.05, 4.69) is 52.4 Å². The normalized spacial score (nSPS) is 18.8. The monoisotopic (exact) mass is 421 g/mol. The summed E-state index contributed by atoms with van der Waals surface area (Å²) in [5.41, 5.74) is 1.18. The molecule has 1 heterocycles. The van der Waals surface area contributed by atoms with Crippen molar-refractivity contribution in [1.29, 1.82) is 0 Å². The molecule has 1 aromatic carbocycles. The first-order valence-corrected chi connectivity index (χ1v) is 8.01. The van der Waals surface area contributed by atoms with Gasteiger partial charge in [-0.25, -0.2) is 0 Å². The summed E-state index contributed by atoms with van der Waals surface area (Å²) in [5.74, 6) is 0.155. The van der Waals surface area contributed by atoms with Crippen LogP contribution in [0.3, 0.4) is 0 Å². The van der Waals surface area contributed by atoms with Gasteiger partial charge in [-0.1, -0.05) is 19.9 Å². The molecule has 0 aliphatic carbocycles. The van der Waals surface area contributed by atoms with Crippen molar-refractivity contribution in [3.8, 4) is 0 Å². The van der Waals surface area contributed by atoms with Gasteiger partial charge in [0.15, 0.2) is 0 Å². The molecule has 18 heavy (non-hydrogen) atoms. The molecule has 0 unspecified atom stereocenters. The first kappa shape index (κ1) is 14.3. The number of hydrogen-bond acceptors (Lipinski definition) is 1. The predicted octanol–water partition coefficient (Wildman–Crippen LogP) is 4.32. The summed E-state index contributed by atoms with van der Waals surface area (Å²) in [6, 6.07) is 5.87. The summed E-state index contributed by atoms with van der Waals surface area (Å²) in [7, 11) is 0. The fourth-order valence-electron chi connectivity index (χ4n) is 2.18. The van der Waals surface area contributed by atoms with Gasteiger partial charge in [0.1, 0.15) is 0 Å². The Kier molecular flexibility index (Phi) is 4.36. The highest BCUT2D eigenvalue weighted by Gasteiger charge is 2.29. The fraction of sp³-hybridized carbons (Fsp3) is 0.500. The molecule has 1 fully saturated rings. The molecular formula is C14H17BrINO. The summed E-state index contributed by atoms with van der Waals surface area (Å²) in [6.07, 6.45) is 2.17. The maximum absolute atomic E-state index is 12.5. The van der Waals surface area contributed by atoms with Crippen molar-refractivity contribution in [2.45, 2.75) is 26.7 Å². The number of piperidine rings is 1. The molecule has 0 aromatic heterocycles. The summed E-state index contributed by atoms with van der Waals surface area (Å²) in [6.45, 7) is 6.28. The number of amides is 1. The second kappa shape index (κ2) is 5.49. The first-order valence-electron chi connectivity index (χ1n) is 6.14. The first-order chi connectivity index (χ1) is 8.41. The lowest BCUT2D eigenvalue weighted by Crippen LogP contribution is -2.41. The van der Waals surface area contributed by atoms with Crippen LogP contribution in [0.5, 0.6) is 0 Å². The van der Waals surface area contributed by atoms with Gasteiger partial charge in [0.25, 0.3) is 5.91 Å². The van der Waals surface area contributed by atoms with Crippen molar-refractivity contribution in [2.24, 2.45) is 5.41 Å². The third-order valence-corrected chi connectivity index (χ3v) is 5.14. The van der Waals surface area contributed by atoms with Crippen molar-refractivity contribution in [3.63, 3.8) is 0 Å². The van der Waals surface area contributed by atoms with Crippen LogP contribution in [0.15, 0.2) is 22.7 Å². The van der Waals surface area contributed by atoms with Crippen molar-refractivity contribution in [3.05, 3.63) is 31.8 Å². The Balaban J connectivity index is 2.18. The number of likely N-dealkylation sites (tertiary alicyclic amines) is 1. The Morgan fingerprint density at radius 2 is 1.94 bits per heavy atom. The Bertz CT molecular complexity index is 443. The zero-order valence-corrected chi connectivity index (χ0v) is 14.4. The Morgan fingerprint density at radius 3 is 2.50 bits per heavy atom. The molecule has 1 aliphatic heterocycles. The van der Waals surface area contributed by atoms with E-state index in [1.807, 2.05) is 23.1 Å². The second-order valence-corrected chi connectivity index (χ2v) is 7.57. The van der Waals surface area contributed by atoms with Crippen LogP contribution in [-0.2, 0) is 0 Å². The highest BCUT2D eigenvalue weighted by atomic mass is 127. The van der Waals surface area contributed by atoms with Gasteiger partial charge in [-0.15, -0.1) is 0 Å². The average molecular weight is 422 g/mol. The molecule has 98 valence electrons. The van der Waals surface area contributed by atoms with Gasteiger partial charge in [0, 0.05) is 21.1 Å². The zero-order valence-electron chi connectivity index (χ0n) is 10.7. The molecule has 0 radical (unpaired) electrons. The van der Waals surface area contributed by atoms with Gasteiger partial charge < -0.3 is 4.90 Å². The molecule has 0 atom stereocenters. The van der Waals surface area contributed by atoms with Crippen molar-refractivity contribution < 1.29 is 4.79 Å². The molecule has 1 aromatic rings. The Hall–Kier alpha value is -0.100. The Labute approximate surface area is 130 Å². The van der Waals surface area contributed by atoms with E-state index in [4.69, 9.17) is 0 Å². The average Bonchev–Trinajstić information content (AvgIpc) is 2.28. The highest BCUT2D eigenvalue weighted by molar-refractivity contribution is 14.1. The van der Waals surface area contributed by atoms with Crippen LogP contribution in [0.2, 0.25) is 0 Å². The number of hydrogen-bond donors (Lipinski definition) is 0. The largest absolute Gasteiger partial charge is 0.339 e. The molecule has 4 heteroatoms. The number of carbonyl (C=O) groups is 1.